The lowest BCUT2D eigenvalue weighted by molar-refractivity contribution is 1.19. The standard InChI is InChI=1S/C21H21B/c1-12(2)14(5)16-7-9-18-17-8-6-15(13(3)4)10-19(17)21(22)20(18)11-16/h6-11,21H,1,3,5,22H2,2,4H3. The Morgan fingerprint density at radius 1 is 0.864 bits per heavy atom. The van der Waals surface area contributed by atoms with Crippen LogP contribution in [0.5, 0.6) is 0 Å². The predicted octanol–water partition coefficient (Wildman–Crippen LogP) is 5.01. The highest BCUT2D eigenvalue weighted by Gasteiger charge is 2.25. The summed E-state index contributed by atoms with van der Waals surface area (Å²) in [6, 6.07) is 13.3. The van der Waals surface area contributed by atoms with Gasteiger partial charge in [-0.2, -0.15) is 0 Å². The zero-order valence-corrected chi connectivity index (χ0v) is 13.7. The minimum atomic E-state index is 0.405. The van der Waals surface area contributed by atoms with Gasteiger partial charge in [0.2, 0.25) is 0 Å². The van der Waals surface area contributed by atoms with E-state index in [4.69, 9.17) is 0 Å². The van der Waals surface area contributed by atoms with Crippen LogP contribution in [0, 0.1) is 0 Å². The van der Waals surface area contributed by atoms with Crippen LogP contribution in [0.2, 0.25) is 0 Å². The van der Waals surface area contributed by atoms with E-state index in [0.717, 1.165) is 16.7 Å². The Kier molecular flexibility index (Phi) is 3.45. The fraction of sp³-hybridized carbons (Fsp3) is 0.143. The SMILES string of the molecule is BC1c2cc(C(=C)C)ccc2-c2ccc(C(=C)C(=C)C)cc21. The normalized spacial score (nSPS) is 15.1. The maximum absolute atomic E-state index is 4.15. The van der Waals surface area contributed by atoms with Gasteiger partial charge in [-0.1, -0.05) is 67.3 Å². The lowest BCUT2D eigenvalue weighted by Crippen LogP contribution is -1.97. The summed E-state index contributed by atoms with van der Waals surface area (Å²) in [6.07, 6.45) is 0. The topological polar surface area (TPSA) is 0 Å². The number of allylic oxidation sites excluding steroid dienone is 3. The highest BCUT2D eigenvalue weighted by Crippen LogP contribution is 2.45. The van der Waals surface area contributed by atoms with Crippen LogP contribution < -0.4 is 0 Å². The fourth-order valence-electron chi connectivity index (χ4n) is 3.20. The molecule has 0 N–H and O–H groups in total. The van der Waals surface area contributed by atoms with E-state index in [9.17, 15) is 0 Å². The van der Waals surface area contributed by atoms with Crippen LogP contribution in [0.1, 0.15) is 41.9 Å². The molecule has 0 aromatic heterocycles. The molecule has 0 spiro atoms. The van der Waals surface area contributed by atoms with E-state index < -0.39 is 0 Å². The molecule has 0 saturated heterocycles. The molecule has 2 aromatic rings. The molecule has 1 heteroatoms. The first-order valence-electron chi connectivity index (χ1n) is 7.69. The minimum absolute atomic E-state index is 0.405. The van der Waals surface area contributed by atoms with Crippen molar-refractivity contribution in [3.63, 3.8) is 0 Å². The Bertz CT molecular complexity index is 824. The van der Waals surface area contributed by atoms with E-state index in [-0.39, 0.29) is 0 Å². The van der Waals surface area contributed by atoms with E-state index in [2.05, 4.69) is 70.9 Å². The lowest BCUT2D eigenvalue weighted by atomic mass is 9.78. The third-order valence-corrected chi connectivity index (χ3v) is 4.68. The summed E-state index contributed by atoms with van der Waals surface area (Å²) in [4.78, 5) is 0. The monoisotopic (exact) mass is 284 g/mol. The van der Waals surface area contributed by atoms with Crippen LogP contribution in [0.3, 0.4) is 0 Å². The van der Waals surface area contributed by atoms with Gasteiger partial charge in [-0.05, 0) is 58.6 Å². The van der Waals surface area contributed by atoms with Crippen molar-refractivity contribution in [1.82, 2.24) is 0 Å². The second kappa shape index (κ2) is 5.17. The molecule has 0 saturated carbocycles. The zero-order chi connectivity index (χ0) is 16.0. The highest BCUT2D eigenvalue weighted by atomic mass is 14.3. The van der Waals surface area contributed by atoms with Gasteiger partial charge in [-0.3, -0.25) is 0 Å². The molecule has 0 bridgehead atoms. The van der Waals surface area contributed by atoms with Crippen molar-refractivity contribution >= 4 is 19.0 Å². The highest BCUT2D eigenvalue weighted by molar-refractivity contribution is 6.17. The first-order chi connectivity index (χ1) is 10.4. The summed E-state index contributed by atoms with van der Waals surface area (Å²) in [7, 11) is 2.28. The number of fused-ring (bicyclic) bond motifs is 3. The number of rotatable bonds is 3. The summed E-state index contributed by atoms with van der Waals surface area (Å²) >= 11 is 0. The maximum Gasteiger partial charge on any atom is 0.116 e. The first-order valence-corrected chi connectivity index (χ1v) is 7.69. The molecule has 0 fully saturated rings. The molecule has 2 aromatic carbocycles. The molecular weight excluding hydrogens is 263 g/mol. The van der Waals surface area contributed by atoms with Crippen LogP contribution in [-0.4, -0.2) is 7.85 Å². The van der Waals surface area contributed by atoms with Crippen molar-refractivity contribution in [3.05, 3.63) is 84.0 Å². The molecule has 0 heterocycles. The molecule has 1 unspecified atom stereocenters. The molecule has 108 valence electrons. The van der Waals surface area contributed by atoms with Gasteiger partial charge in [0.25, 0.3) is 0 Å². The molecule has 1 aliphatic rings. The van der Waals surface area contributed by atoms with Gasteiger partial charge in [0.1, 0.15) is 7.85 Å². The Hall–Kier alpha value is -2.28. The third kappa shape index (κ3) is 2.18. The molecule has 1 aliphatic carbocycles. The molecule has 0 nitrogen and oxygen atoms in total. The quantitative estimate of drug-likeness (QED) is 0.549. The molecule has 3 rings (SSSR count). The molecule has 22 heavy (non-hydrogen) atoms. The van der Waals surface area contributed by atoms with Crippen molar-refractivity contribution in [2.75, 3.05) is 0 Å². The van der Waals surface area contributed by atoms with Crippen molar-refractivity contribution < 1.29 is 0 Å². The second-order valence-electron chi connectivity index (χ2n) is 6.36. The Labute approximate surface area is 134 Å². The Morgan fingerprint density at radius 3 is 1.86 bits per heavy atom. The molecule has 0 amide bonds. The van der Waals surface area contributed by atoms with Crippen LogP contribution in [0.4, 0.5) is 0 Å². The maximum atomic E-state index is 4.15. The average Bonchev–Trinajstić information content (AvgIpc) is 2.78. The van der Waals surface area contributed by atoms with Crippen molar-refractivity contribution in [2.45, 2.75) is 19.7 Å². The van der Waals surface area contributed by atoms with Crippen LogP contribution in [0.15, 0.2) is 61.7 Å². The molecule has 1 atom stereocenters. The smallest absolute Gasteiger partial charge is 0.0955 e. The van der Waals surface area contributed by atoms with Crippen LogP contribution >= 0.6 is 0 Å². The molecule has 0 aliphatic heterocycles. The summed E-state index contributed by atoms with van der Waals surface area (Å²) in [5.74, 6) is 0.405. The van der Waals surface area contributed by atoms with Crippen molar-refractivity contribution in [1.29, 1.82) is 0 Å². The van der Waals surface area contributed by atoms with E-state index in [1.165, 1.54) is 33.4 Å². The summed E-state index contributed by atoms with van der Waals surface area (Å²) in [6.45, 7) is 16.3. The van der Waals surface area contributed by atoms with Gasteiger partial charge >= 0.3 is 0 Å². The Balaban J connectivity index is 2.12. The fourth-order valence-corrected chi connectivity index (χ4v) is 3.20. The average molecular weight is 284 g/mol. The lowest BCUT2D eigenvalue weighted by Gasteiger charge is -2.11. The first kappa shape index (κ1) is 14.7. The van der Waals surface area contributed by atoms with Crippen LogP contribution in [0.25, 0.3) is 22.3 Å². The molecule has 0 radical (unpaired) electrons. The van der Waals surface area contributed by atoms with Gasteiger partial charge in [-0.25, -0.2) is 0 Å². The Morgan fingerprint density at radius 2 is 1.36 bits per heavy atom. The van der Waals surface area contributed by atoms with Gasteiger partial charge in [0.15, 0.2) is 0 Å². The van der Waals surface area contributed by atoms with E-state index in [1.807, 2.05) is 6.92 Å². The van der Waals surface area contributed by atoms with E-state index in [0.29, 0.717) is 5.82 Å². The van der Waals surface area contributed by atoms with Crippen molar-refractivity contribution in [3.8, 4) is 11.1 Å². The van der Waals surface area contributed by atoms with Crippen LogP contribution in [-0.2, 0) is 0 Å². The van der Waals surface area contributed by atoms with Gasteiger partial charge < -0.3 is 0 Å². The van der Waals surface area contributed by atoms with Crippen molar-refractivity contribution in [2.24, 2.45) is 0 Å². The number of hydrogen-bond acceptors (Lipinski definition) is 0. The summed E-state index contributed by atoms with van der Waals surface area (Å²) in [5, 5.41) is 0. The largest absolute Gasteiger partial charge is 0.116 e. The minimum Gasteiger partial charge on any atom is -0.0955 e. The van der Waals surface area contributed by atoms with Gasteiger partial charge in [-0.15, -0.1) is 0 Å². The third-order valence-electron chi connectivity index (χ3n) is 4.68. The van der Waals surface area contributed by atoms with Gasteiger partial charge in [0.05, 0.1) is 0 Å². The molecular formula is C21H21B. The van der Waals surface area contributed by atoms with E-state index in [1.54, 1.807) is 0 Å². The summed E-state index contributed by atoms with van der Waals surface area (Å²) in [5.41, 5.74) is 11.0. The number of benzene rings is 2. The summed E-state index contributed by atoms with van der Waals surface area (Å²) < 4.78 is 0. The predicted molar refractivity (Wildman–Crippen MR) is 101 cm³/mol. The van der Waals surface area contributed by atoms with Gasteiger partial charge in [0, 0.05) is 0 Å². The number of hydrogen-bond donors (Lipinski definition) is 0. The second-order valence-corrected chi connectivity index (χ2v) is 6.36. The van der Waals surface area contributed by atoms with E-state index >= 15 is 0 Å². The zero-order valence-electron chi connectivity index (χ0n) is 13.7.